The van der Waals surface area contributed by atoms with Crippen LogP contribution in [0.3, 0.4) is 0 Å². The van der Waals surface area contributed by atoms with Gasteiger partial charge in [0, 0.05) is 11.8 Å². The number of H-pyrrole nitrogens is 1. The second-order valence-electron chi connectivity index (χ2n) is 3.81. The average molecular weight is 232 g/mol. The van der Waals surface area contributed by atoms with Crippen LogP contribution in [0.25, 0.3) is 0 Å². The van der Waals surface area contributed by atoms with Crippen LogP contribution < -0.4 is 11.1 Å². The third-order valence-corrected chi connectivity index (χ3v) is 2.67. The number of aromatic nitrogens is 4. The molecule has 1 unspecified atom stereocenters. The van der Waals surface area contributed by atoms with Crippen LogP contribution in [-0.4, -0.2) is 26.9 Å². The number of anilines is 1. The van der Waals surface area contributed by atoms with Crippen molar-refractivity contribution in [1.29, 1.82) is 0 Å². The second-order valence-corrected chi connectivity index (χ2v) is 3.81. The number of aryl methyl sites for hydroxylation is 1. The quantitative estimate of drug-likeness (QED) is 0.724. The molecule has 1 atom stereocenters. The molecule has 90 valence electrons. The highest BCUT2D eigenvalue weighted by molar-refractivity contribution is 5.48. The van der Waals surface area contributed by atoms with Gasteiger partial charge in [0.25, 0.3) is 0 Å². The molecule has 4 N–H and O–H groups in total. The molecular formula is C11H16N6. The van der Waals surface area contributed by atoms with Gasteiger partial charge in [0.15, 0.2) is 0 Å². The number of aromatic amines is 1. The summed E-state index contributed by atoms with van der Waals surface area (Å²) in [5.41, 5.74) is 8.81. The molecule has 0 fully saturated rings. The van der Waals surface area contributed by atoms with Crippen LogP contribution >= 0.6 is 0 Å². The van der Waals surface area contributed by atoms with E-state index < -0.39 is 0 Å². The molecule has 2 aromatic rings. The molecule has 0 aliphatic heterocycles. The molecule has 2 rings (SSSR count). The van der Waals surface area contributed by atoms with Crippen LogP contribution in [0.5, 0.6) is 0 Å². The Bertz CT molecular complexity index is 458. The third kappa shape index (κ3) is 2.26. The van der Waals surface area contributed by atoms with Crippen LogP contribution in [0.15, 0.2) is 18.5 Å². The van der Waals surface area contributed by atoms with Crippen LogP contribution in [0, 0.1) is 6.92 Å². The van der Waals surface area contributed by atoms with Crippen LogP contribution in [-0.2, 0) is 0 Å². The minimum Gasteiger partial charge on any atom is -0.383 e. The fourth-order valence-electron chi connectivity index (χ4n) is 1.87. The molecule has 2 aromatic heterocycles. The minimum atomic E-state index is -0.0764. The van der Waals surface area contributed by atoms with Gasteiger partial charge in [-0.05, 0) is 25.1 Å². The Balaban J connectivity index is 2.46. The van der Waals surface area contributed by atoms with Gasteiger partial charge < -0.3 is 11.1 Å². The van der Waals surface area contributed by atoms with Crippen LogP contribution in [0.4, 0.5) is 5.82 Å². The Morgan fingerprint density at radius 2 is 2.35 bits per heavy atom. The molecular weight excluding hydrogens is 216 g/mol. The van der Waals surface area contributed by atoms with Crippen molar-refractivity contribution in [1.82, 2.24) is 25.7 Å². The summed E-state index contributed by atoms with van der Waals surface area (Å²) in [4.78, 5) is 4.13. The van der Waals surface area contributed by atoms with Crippen molar-refractivity contribution in [3.8, 4) is 0 Å². The van der Waals surface area contributed by atoms with Crippen molar-refractivity contribution in [2.75, 3.05) is 12.3 Å². The molecule has 2 heterocycles. The predicted molar refractivity (Wildman–Crippen MR) is 65.3 cm³/mol. The van der Waals surface area contributed by atoms with E-state index in [0.717, 1.165) is 23.4 Å². The molecule has 0 aliphatic rings. The number of hydrogen-bond acceptors (Lipinski definition) is 5. The lowest BCUT2D eigenvalue weighted by Gasteiger charge is -2.19. The largest absolute Gasteiger partial charge is 0.383 e. The van der Waals surface area contributed by atoms with E-state index in [1.807, 2.05) is 19.9 Å². The molecule has 6 heteroatoms. The SMILES string of the molecule is CCNC(c1cn[nH]n1)c1c(C)ccnc1N. The van der Waals surface area contributed by atoms with Gasteiger partial charge in [-0.25, -0.2) is 4.98 Å². The minimum absolute atomic E-state index is 0.0764. The maximum atomic E-state index is 5.95. The van der Waals surface area contributed by atoms with E-state index in [4.69, 9.17) is 5.73 Å². The van der Waals surface area contributed by atoms with E-state index >= 15 is 0 Å². The van der Waals surface area contributed by atoms with E-state index in [0.29, 0.717) is 5.82 Å². The maximum absolute atomic E-state index is 5.95. The molecule has 0 saturated carbocycles. The van der Waals surface area contributed by atoms with E-state index in [-0.39, 0.29) is 6.04 Å². The monoisotopic (exact) mass is 232 g/mol. The maximum Gasteiger partial charge on any atom is 0.128 e. The fourth-order valence-corrected chi connectivity index (χ4v) is 1.87. The van der Waals surface area contributed by atoms with Crippen molar-refractivity contribution in [3.63, 3.8) is 0 Å². The first-order valence-electron chi connectivity index (χ1n) is 5.54. The number of nitrogens with two attached hydrogens (primary N) is 1. The zero-order chi connectivity index (χ0) is 12.3. The van der Waals surface area contributed by atoms with Gasteiger partial charge in [-0.2, -0.15) is 15.4 Å². The zero-order valence-corrected chi connectivity index (χ0v) is 9.94. The fraction of sp³-hybridized carbons (Fsp3) is 0.364. The van der Waals surface area contributed by atoms with Gasteiger partial charge in [0.05, 0.1) is 12.2 Å². The number of hydrogen-bond donors (Lipinski definition) is 3. The lowest BCUT2D eigenvalue weighted by Crippen LogP contribution is -2.24. The summed E-state index contributed by atoms with van der Waals surface area (Å²) in [6.07, 6.45) is 3.40. The molecule has 0 radical (unpaired) electrons. The molecule has 0 bridgehead atoms. The normalized spacial score (nSPS) is 12.6. The highest BCUT2D eigenvalue weighted by Gasteiger charge is 2.20. The highest BCUT2D eigenvalue weighted by atomic mass is 15.3. The highest BCUT2D eigenvalue weighted by Crippen LogP contribution is 2.26. The number of pyridine rings is 1. The van der Waals surface area contributed by atoms with Gasteiger partial charge in [-0.3, -0.25) is 0 Å². The Kier molecular flexibility index (Phi) is 3.34. The summed E-state index contributed by atoms with van der Waals surface area (Å²) < 4.78 is 0. The average Bonchev–Trinajstić information content (AvgIpc) is 2.80. The summed E-state index contributed by atoms with van der Waals surface area (Å²) >= 11 is 0. The zero-order valence-electron chi connectivity index (χ0n) is 9.94. The number of nitrogens with zero attached hydrogens (tertiary/aromatic N) is 3. The van der Waals surface area contributed by atoms with Crippen molar-refractivity contribution in [2.24, 2.45) is 0 Å². The standard InChI is InChI=1S/C11H16N6/c1-3-13-10(8-6-15-17-16-8)9-7(2)4-5-14-11(9)12/h4-6,10,13H,3H2,1-2H3,(H2,12,14)(H,15,16,17). The molecule has 6 nitrogen and oxygen atoms in total. The van der Waals surface area contributed by atoms with Gasteiger partial charge in [-0.15, -0.1) is 0 Å². The first-order chi connectivity index (χ1) is 8.24. The third-order valence-electron chi connectivity index (χ3n) is 2.67. The Labute approximate surface area is 99.6 Å². The molecule has 0 saturated heterocycles. The predicted octanol–water partition coefficient (Wildman–Crippen LogP) is 0.789. The Morgan fingerprint density at radius 3 is 2.94 bits per heavy atom. The van der Waals surface area contributed by atoms with E-state index in [1.165, 1.54) is 0 Å². The molecule has 0 spiro atoms. The van der Waals surface area contributed by atoms with Gasteiger partial charge in [0.1, 0.15) is 11.5 Å². The lowest BCUT2D eigenvalue weighted by molar-refractivity contribution is 0.610. The van der Waals surface area contributed by atoms with Crippen LogP contribution in [0.1, 0.15) is 29.8 Å². The first-order valence-corrected chi connectivity index (χ1v) is 5.54. The number of rotatable bonds is 4. The number of nitrogens with one attached hydrogen (secondary N) is 2. The summed E-state index contributed by atoms with van der Waals surface area (Å²) in [5.74, 6) is 0.527. The van der Waals surface area contributed by atoms with Gasteiger partial charge in [0.2, 0.25) is 0 Å². The summed E-state index contributed by atoms with van der Waals surface area (Å²) in [6, 6.07) is 1.86. The summed E-state index contributed by atoms with van der Waals surface area (Å²) in [5, 5.41) is 13.9. The lowest BCUT2D eigenvalue weighted by atomic mass is 10.00. The molecule has 0 aliphatic carbocycles. The molecule has 0 amide bonds. The molecule has 17 heavy (non-hydrogen) atoms. The Hall–Kier alpha value is -1.95. The van der Waals surface area contributed by atoms with Crippen LogP contribution in [0.2, 0.25) is 0 Å². The van der Waals surface area contributed by atoms with Gasteiger partial charge in [-0.1, -0.05) is 6.92 Å². The second kappa shape index (κ2) is 4.92. The van der Waals surface area contributed by atoms with Crippen molar-refractivity contribution >= 4 is 5.82 Å². The Morgan fingerprint density at radius 1 is 1.53 bits per heavy atom. The molecule has 0 aromatic carbocycles. The summed E-state index contributed by atoms with van der Waals surface area (Å²) in [6.45, 7) is 4.86. The van der Waals surface area contributed by atoms with E-state index in [9.17, 15) is 0 Å². The van der Waals surface area contributed by atoms with Crippen molar-refractivity contribution in [3.05, 3.63) is 35.3 Å². The summed E-state index contributed by atoms with van der Waals surface area (Å²) in [7, 11) is 0. The number of nitrogen functional groups attached to an aromatic ring is 1. The topological polar surface area (TPSA) is 92.5 Å². The smallest absolute Gasteiger partial charge is 0.128 e. The van der Waals surface area contributed by atoms with Gasteiger partial charge >= 0.3 is 0 Å². The van der Waals surface area contributed by atoms with Crippen molar-refractivity contribution < 1.29 is 0 Å². The van der Waals surface area contributed by atoms with E-state index in [2.05, 4.69) is 25.7 Å². The first kappa shape index (κ1) is 11.5. The van der Waals surface area contributed by atoms with Crippen molar-refractivity contribution in [2.45, 2.75) is 19.9 Å². The van der Waals surface area contributed by atoms with E-state index in [1.54, 1.807) is 12.4 Å².